The summed E-state index contributed by atoms with van der Waals surface area (Å²) in [6.07, 6.45) is -7.91. The lowest BCUT2D eigenvalue weighted by molar-refractivity contribution is -0.707. The minimum absolute atomic E-state index is 0.0432. The number of carbonyl (C=O) groups is 2. The van der Waals surface area contributed by atoms with Crippen molar-refractivity contribution in [1.82, 2.24) is 19.5 Å². The Morgan fingerprint density at radius 3 is 2.29 bits per heavy atom. The molecular formula is C27H31F3N6O8S. The number of nitrogens with zero attached hydrogens (tertiary/aromatic N) is 5. The fourth-order valence-electron chi connectivity index (χ4n) is 3.57. The predicted molar refractivity (Wildman–Crippen MR) is 151 cm³/mol. The van der Waals surface area contributed by atoms with Crippen LogP contribution in [-0.2, 0) is 35.3 Å². The van der Waals surface area contributed by atoms with Crippen molar-refractivity contribution in [3.05, 3.63) is 71.1 Å². The van der Waals surface area contributed by atoms with E-state index in [1.165, 1.54) is 26.1 Å². The van der Waals surface area contributed by atoms with E-state index in [1.54, 1.807) is 38.1 Å². The molecular weight excluding hydrogens is 625 g/mol. The molecule has 14 nitrogen and oxygen atoms in total. The number of amides is 1. The highest BCUT2D eigenvalue weighted by molar-refractivity contribution is 7.90. The van der Waals surface area contributed by atoms with E-state index in [-0.39, 0.29) is 27.8 Å². The maximum Gasteiger partial charge on any atom is 0.511 e. The third kappa shape index (κ3) is 9.82. The van der Waals surface area contributed by atoms with E-state index in [2.05, 4.69) is 10.4 Å². The molecule has 0 aliphatic heterocycles. The van der Waals surface area contributed by atoms with Crippen molar-refractivity contribution in [3.63, 3.8) is 0 Å². The van der Waals surface area contributed by atoms with E-state index in [0.717, 1.165) is 33.5 Å². The molecule has 0 bridgehead atoms. The molecule has 0 saturated heterocycles. The number of hydrazine groups is 1. The topological polar surface area (TPSA) is 167 Å². The number of halogens is 3. The van der Waals surface area contributed by atoms with Crippen molar-refractivity contribution in [1.29, 1.82) is 0 Å². The van der Waals surface area contributed by atoms with Crippen molar-refractivity contribution in [2.75, 3.05) is 13.6 Å². The molecule has 3 aromatic rings. The SMILES string of the molecule is Cc1ccc(-c2cc(C(F)(F)F)nn2-c2ccc(S(=O)(=O)NC(=O)CCN(C)/[N+]([O-])=N/OC(C)OC(=O)OC(C)C)cc2)cc1. The molecule has 18 heteroatoms. The van der Waals surface area contributed by atoms with Crippen molar-refractivity contribution < 1.29 is 50.5 Å². The third-order valence-corrected chi connectivity index (χ3v) is 7.19. The molecule has 0 radical (unpaired) electrons. The normalized spacial score (nSPS) is 12.9. The number of hydrogen-bond acceptors (Lipinski definition) is 10. The van der Waals surface area contributed by atoms with Gasteiger partial charge in [0.2, 0.25) is 11.2 Å². The summed E-state index contributed by atoms with van der Waals surface area (Å²) < 4.78 is 78.4. The van der Waals surface area contributed by atoms with Crippen LogP contribution in [0.3, 0.4) is 0 Å². The molecule has 3 rings (SSSR count). The van der Waals surface area contributed by atoms with Gasteiger partial charge in [0.05, 0.1) is 47.4 Å². The van der Waals surface area contributed by atoms with Crippen LogP contribution in [0.1, 0.15) is 38.4 Å². The van der Waals surface area contributed by atoms with E-state index < -0.39 is 52.8 Å². The minimum Gasteiger partial charge on any atom is -0.569 e. The highest BCUT2D eigenvalue weighted by atomic mass is 32.2. The van der Waals surface area contributed by atoms with Gasteiger partial charge < -0.3 is 14.7 Å². The standard InChI is InChI=1S/C27H31F3N6O8S/c1-17(2)42-26(38)43-19(4)44-33-36(39)34(5)15-14-25(37)32-45(40,41)22-12-10-21(11-13-22)35-23(16-24(31-35)27(28,29)30)20-8-6-18(3)7-9-20/h6-13,16-17,19H,14-15H2,1-5H3,(H,32,37)/b36-33-. The van der Waals surface area contributed by atoms with Crippen molar-refractivity contribution >= 4 is 22.1 Å². The smallest absolute Gasteiger partial charge is 0.511 e. The molecule has 45 heavy (non-hydrogen) atoms. The second kappa shape index (κ2) is 14.3. The van der Waals surface area contributed by atoms with Crippen LogP contribution in [0, 0.1) is 12.1 Å². The summed E-state index contributed by atoms with van der Waals surface area (Å²) in [6.45, 7) is 6.03. The lowest BCUT2D eigenvalue weighted by Gasteiger charge is -2.15. The Balaban J connectivity index is 1.64. The number of carbonyl (C=O) groups excluding carboxylic acids is 2. The summed E-state index contributed by atoms with van der Waals surface area (Å²) in [6, 6.07) is 12.4. The maximum absolute atomic E-state index is 13.5. The van der Waals surface area contributed by atoms with Gasteiger partial charge in [-0.25, -0.2) is 22.6 Å². The zero-order chi connectivity index (χ0) is 33.5. The number of hydrogen-bond donors (Lipinski definition) is 1. The maximum atomic E-state index is 13.5. The molecule has 1 N–H and O–H groups in total. The Hall–Kier alpha value is -4.87. The lowest BCUT2D eigenvalue weighted by atomic mass is 10.1. The van der Waals surface area contributed by atoms with Gasteiger partial charge in [0.15, 0.2) is 5.69 Å². The zero-order valence-corrected chi connectivity index (χ0v) is 25.6. The Labute approximate surface area is 256 Å². The molecule has 0 fully saturated rings. The first-order valence-corrected chi connectivity index (χ1v) is 14.8. The van der Waals surface area contributed by atoms with E-state index in [0.29, 0.717) is 5.56 Å². The first kappa shape index (κ1) is 34.6. The average molecular weight is 657 g/mol. The minimum atomic E-state index is -4.72. The summed E-state index contributed by atoms with van der Waals surface area (Å²) in [7, 11) is -3.14. The van der Waals surface area contributed by atoms with Crippen LogP contribution in [0.4, 0.5) is 18.0 Å². The molecule has 1 atom stereocenters. The van der Waals surface area contributed by atoms with Gasteiger partial charge >= 0.3 is 12.3 Å². The summed E-state index contributed by atoms with van der Waals surface area (Å²) >= 11 is 0. The number of aryl methyl sites for hydroxylation is 1. The van der Waals surface area contributed by atoms with Gasteiger partial charge in [0.1, 0.15) is 0 Å². The quantitative estimate of drug-likeness (QED) is 0.0948. The van der Waals surface area contributed by atoms with Gasteiger partial charge in [0, 0.05) is 12.5 Å². The van der Waals surface area contributed by atoms with Gasteiger partial charge in [-0.1, -0.05) is 29.8 Å². The largest absolute Gasteiger partial charge is 0.569 e. The monoisotopic (exact) mass is 656 g/mol. The Morgan fingerprint density at radius 1 is 1.09 bits per heavy atom. The molecule has 1 unspecified atom stereocenters. The fraction of sp³-hybridized carbons (Fsp3) is 0.370. The second-order valence-electron chi connectivity index (χ2n) is 9.89. The second-order valence-corrected chi connectivity index (χ2v) is 11.6. The Bertz CT molecular complexity index is 1630. The van der Waals surface area contributed by atoms with Crippen LogP contribution in [-0.4, -0.2) is 66.2 Å². The van der Waals surface area contributed by atoms with Crippen LogP contribution in [0.5, 0.6) is 0 Å². The van der Waals surface area contributed by atoms with Crippen LogP contribution in [0.2, 0.25) is 0 Å². The molecule has 0 aliphatic rings. The van der Waals surface area contributed by atoms with Crippen LogP contribution in [0.25, 0.3) is 16.9 Å². The van der Waals surface area contributed by atoms with Gasteiger partial charge in [-0.2, -0.15) is 18.3 Å². The molecule has 1 amide bonds. The van der Waals surface area contributed by atoms with Crippen LogP contribution < -0.4 is 4.72 Å². The van der Waals surface area contributed by atoms with Gasteiger partial charge in [-0.3, -0.25) is 9.63 Å². The van der Waals surface area contributed by atoms with Gasteiger partial charge in [0.25, 0.3) is 16.3 Å². The van der Waals surface area contributed by atoms with E-state index in [1.807, 2.05) is 11.6 Å². The fourth-order valence-corrected chi connectivity index (χ4v) is 4.58. The summed E-state index contributed by atoms with van der Waals surface area (Å²) in [5.74, 6) is -0.961. The van der Waals surface area contributed by atoms with Gasteiger partial charge in [-0.15, -0.1) is 5.01 Å². The van der Waals surface area contributed by atoms with Crippen LogP contribution >= 0.6 is 0 Å². The zero-order valence-electron chi connectivity index (χ0n) is 24.8. The summed E-state index contributed by atoms with van der Waals surface area (Å²) in [4.78, 5) is 28.1. The van der Waals surface area contributed by atoms with Gasteiger partial charge in [-0.05, 0) is 51.1 Å². The number of aromatic nitrogens is 2. The molecule has 2 aromatic carbocycles. The van der Waals surface area contributed by atoms with Crippen molar-refractivity contribution in [2.45, 2.75) is 57.6 Å². The van der Waals surface area contributed by atoms with Crippen molar-refractivity contribution in [2.24, 2.45) is 5.28 Å². The molecule has 1 heterocycles. The molecule has 0 aliphatic carbocycles. The first-order chi connectivity index (χ1) is 21.0. The van der Waals surface area contributed by atoms with Crippen molar-refractivity contribution in [3.8, 4) is 16.9 Å². The number of nitrogens with one attached hydrogen (secondary N) is 1. The molecule has 0 spiro atoms. The number of rotatable bonds is 12. The molecule has 1 aromatic heterocycles. The summed E-state index contributed by atoms with van der Waals surface area (Å²) in [5.41, 5.74) is 0.516. The van der Waals surface area contributed by atoms with Crippen LogP contribution in [0.15, 0.2) is 64.8 Å². The molecule has 244 valence electrons. The first-order valence-electron chi connectivity index (χ1n) is 13.3. The van der Waals surface area contributed by atoms with E-state index in [9.17, 15) is 36.4 Å². The number of sulfonamides is 1. The average Bonchev–Trinajstić information content (AvgIpc) is 3.41. The van der Waals surface area contributed by atoms with E-state index in [4.69, 9.17) is 14.3 Å². The highest BCUT2D eigenvalue weighted by Crippen LogP contribution is 2.33. The van der Waals surface area contributed by atoms with E-state index >= 15 is 0 Å². The number of ether oxygens (including phenoxy) is 2. The Morgan fingerprint density at radius 2 is 1.71 bits per heavy atom. The third-order valence-electron chi connectivity index (χ3n) is 5.80. The number of alkyl halides is 3. The predicted octanol–water partition coefficient (Wildman–Crippen LogP) is 4.71. The highest BCUT2D eigenvalue weighted by Gasteiger charge is 2.35. The number of benzene rings is 2. The lowest BCUT2D eigenvalue weighted by Crippen LogP contribution is -2.35. The molecule has 0 saturated carbocycles. The Kier molecular flexibility index (Phi) is 11.0. The summed E-state index contributed by atoms with van der Waals surface area (Å²) in [5, 5.41) is 19.8.